The van der Waals surface area contributed by atoms with E-state index in [-0.39, 0.29) is 5.92 Å². The van der Waals surface area contributed by atoms with Crippen LogP contribution in [-0.4, -0.2) is 18.1 Å². The van der Waals surface area contributed by atoms with Crippen LogP contribution >= 0.6 is 11.6 Å². The SMILES string of the molecule is ClC1=CC(N=NN2CCCC2)(c2cccc3ccccc23)C(c2ccc3ccccc3c2-c2cccc3ccccc23)C=C1. The summed E-state index contributed by atoms with van der Waals surface area (Å²) in [5.74, 6) is -0.166. The van der Waals surface area contributed by atoms with Gasteiger partial charge in [0.25, 0.3) is 0 Å². The third kappa shape index (κ3) is 4.51. The van der Waals surface area contributed by atoms with Gasteiger partial charge in [-0.1, -0.05) is 144 Å². The molecule has 1 aliphatic heterocycles. The van der Waals surface area contributed by atoms with Gasteiger partial charge in [-0.3, -0.25) is 5.01 Å². The van der Waals surface area contributed by atoms with Gasteiger partial charge in [0.05, 0.1) is 0 Å². The molecular formula is C40H32ClN3. The summed E-state index contributed by atoms with van der Waals surface area (Å²) >= 11 is 6.94. The van der Waals surface area contributed by atoms with Crippen molar-refractivity contribution in [3.63, 3.8) is 0 Å². The maximum atomic E-state index is 6.94. The van der Waals surface area contributed by atoms with Crippen molar-refractivity contribution < 1.29 is 0 Å². The van der Waals surface area contributed by atoms with Crippen LogP contribution in [-0.2, 0) is 5.54 Å². The number of fused-ring (bicyclic) bond motifs is 3. The first-order valence-corrected chi connectivity index (χ1v) is 15.8. The molecule has 8 rings (SSSR count). The van der Waals surface area contributed by atoms with Crippen LogP contribution in [0.2, 0.25) is 0 Å². The molecule has 1 saturated heterocycles. The predicted octanol–water partition coefficient (Wildman–Crippen LogP) is 10.9. The molecule has 6 aromatic carbocycles. The van der Waals surface area contributed by atoms with Crippen molar-refractivity contribution in [3.8, 4) is 11.1 Å². The summed E-state index contributed by atoms with van der Waals surface area (Å²) in [6.45, 7) is 1.84. The van der Waals surface area contributed by atoms with Crippen molar-refractivity contribution in [3.05, 3.63) is 156 Å². The maximum Gasteiger partial charge on any atom is 0.139 e. The number of benzene rings is 6. The summed E-state index contributed by atoms with van der Waals surface area (Å²) in [6, 6.07) is 43.6. The summed E-state index contributed by atoms with van der Waals surface area (Å²) in [5.41, 5.74) is 3.87. The van der Waals surface area contributed by atoms with Crippen LogP contribution < -0.4 is 0 Å². The second kappa shape index (κ2) is 11.1. The van der Waals surface area contributed by atoms with E-state index in [2.05, 4.69) is 138 Å². The normalized spacial score (nSPS) is 20.2. The zero-order valence-corrected chi connectivity index (χ0v) is 25.2. The van der Waals surface area contributed by atoms with Gasteiger partial charge in [-0.05, 0) is 79.6 Å². The molecule has 2 unspecified atom stereocenters. The van der Waals surface area contributed by atoms with Crippen molar-refractivity contribution >= 4 is 43.9 Å². The average Bonchev–Trinajstić information content (AvgIpc) is 3.60. The molecule has 2 atom stereocenters. The molecule has 0 saturated carbocycles. The first kappa shape index (κ1) is 26.9. The van der Waals surface area contributed by atoms with Gasteiger partial charge in [-0.2, -0.15) is 5.11 Å². The summed E-state index contributed by atoms with van der Waals surface area (Å²) in [5, 5.41) is 20.3. The van der Waals surface area contributed by atoms with Gasteiger partial charge < -0.3 is 0 Å². The summed E-state index contributed by atoms with van der Waals surface area (Å²) < 4.78 is 0. The largest absolute Gasteiger partial charge is 0.279 e. The Bertz CT molecular complexity index is 2110. The number of rotatable bonds is 5. The minimum atomic E-state index is -0.864. The second-order valence-electron chi connectivity index (χ2n) is 11.8. The van der Waals surface area contributed by atoms with Crippen LogP contribution in [0.3, 0.4) is 0 Å². The molecule has 0 radical (unpaired) electrons. The molecule has 1 heterocycles. The Morgan fingerprint density at radius 2 is 1.25 bits per heavy atom. The van der Waals surface area contributed by atoms with Crippen molar-refractivity contribution in [1.82, 2.24) is 5.01 Å². The summed E-state index contributed by atoms with van der Waals surface area (Å²) in [7, 11) is 0. The van der Waals surface area contributed by atoms with E-state index in [0.29, 0.717) is 5.03 Å². The first-order valence-electron chi connectivity index (χ1n) is 15.4. The number of hydrogen-bond acceptors (Lipinski definition) is 2. The highest BCUT2D eigenvalue weighted by Crippen LogP contribution is 2.52. The van der Waals surface area contributed by atoms with Gasteiger partial charge in [-0.15, -0.1) is 0 Å². The van der Waals surface area contributed by atoms with E-state index in [1.165, 1.54) is 43.6 Å². The molecule has 0 N–H and O–H groups in total. The molecule has 2 aliphatic rings. The molecule has 6 aromatic rings. The molecule has 4 heteroatoms. The van der Waals surface area contributed by atoms with Gasteiger partial charge in [0, 0.05) is 24.0 Å². The molecule has 1 fully saturated rings. The van der Waals surface area contributed by atoms with Gasteiger partial charge in [-0.25, -0.2) is 0 Å². The lowest BCUT2D eigenvalue weighted by atomic mass is 9.69. The van der Waals surface area contributed by atoms with Crippen LogP contribution in [0.1, 0.15) is 29.9 Å². The zero-order chi connectivity index (χ0) is 29.5. The molecule has 214 valence electrons. The van der Waals surface area contributed by atoms with Gasteiger partial charge in [0.15, 0.2) is 0 Å². The van der Waals surface area contributed by atoms with Crippen molar-refractivity contribution in [1.29, 1.82) is 0 Å². The molecule has 1 aliphatic carbocycles. The molecule has 3 nitrogen and oxygen atoms in total. The second-order valence-corrected chi connectivity index (χ2v) is 12.3. The predicted molar refractivity (Wildman–Crippen MR) is 184 cm³/mol. The fraction of sp³-hybridized carbons (Fsp3) is 0.150. The summed E-state index contributed by atoms with van der Waals surface area (Å²) in [6.07, 6.45) is 8.67. The lowest BCUT2D eigenvalue weighted by Gasteiger charge is -2.38. The molecule has 0 bridgehead atoms. The number of halogens is 1. The van der Waals surface area contributed by atoms with E-state index in [4.69, 9.17) is 21.9 Å². The van der Waals surface area contributed by atoms with Gasteiger partial charge in [0.1, 0.15) is 5.54 Å². The van der Waals surface area contributed by atoms with Crippen molar-refractivity contribution in [2.75, 3.05) is 13.1 Å². The van der Waals surface area contributed by atoms with E-state index in [9.17, 15) is 0 Å². The fourth-order valence-corrected chi connectivity index (χ4v) is 7.45. The Labute approximate surface area is 262 Å². The third-order valence-corrected chi connectivity index (χ3v) is 9.51. The standard InChI is InChI=1S/C40H32ClN3/c41-31-22-24-38(40(27-31,42-43-44-25-7-8-26-44)37-20-10-15-29-12-2-5-17-33(29)37)36-23-21-30-13-3-6-18-34(30)39(36)35-19-9-14-28-11-1-4-16-32(28)35/h1-6,9-24,27,38H,7-8,25-26H2. The Balaban J connectivity index is 1.46. The van der Waals surface area contributed by atoms with Gasteiger partial charge in [0.2, 0.25) is 0 Å². The third-order valence-electron chi connectivity index (χ3n) is 9.28. The van der Waals surface area contributed by atoms with E-state index < -0.39 is 5.54 Å². The van der Waals surface area contributed by atoms with Crippen LogP contribution in [0, 0.1) is 0 Å². The van der Waals surface area contributed by atoms with Crippen LogP contribution in [0.15, 0.2) is 155 Å². The zero-order valence-electron chi connectivity index (χ0n) is 24.4. The number of nitrogens with zero attached hydrogens (tertiary/aromatic N) is 3. The Morgan fingerprint density at radius 1 is 0.636 bits per heavy atom. The Kier molecular flexibility index (Phi) is 6.76. The quantitative estimate of drug-likeness (QED) is 0.184. The van der Waals surface area contributed by atoms with Crippen LogP contribution in [0.5, 0.6) is 0 Å². The molecular weight excluding hydrogens is 558 g/mol. The lowest BCUT2D eigenvalue weighted by Crippen LogP contribution is -2.32. The number of allylic oxidation sites excluding steroid dienone is 2. The van der Waals surface area contributed by atoms with E-state index in [1.54, 1.807) is 0 Å². The number of hydrogen-bond donors (Lipinski definition) is 0. The highest BCUT2D eigenvalue weighted by molar-refractivity contribution is 6.31. The molecule has 0 amide bonds. The smallest absolute Gasteiger partial charge is 0.139 e. The highest BCUT2D eigenvalue weighted by atomic mass is 35.5. The average molecular weight is 590 g/mol. The van der Waals surface area contributed by atoms with E-state index in [0.717, 1.165) is 36.9 Å². The molecule has 0 aromatic heterocycles. The first-order chi connectivity index (χ1) is 21.7. The van der Waals surface area contributed by atoms with E-state index >= 15 is 0 Å². The van der Waals surface area contributed by atoms with Gasteiger partial charge >= 0.3 is 0 Å². The van der Waals surface area contributed by atoms with Crippen LogP contribution in [0.4, 0.5) is 0 Å². The lowest BCUT2D eigenvalue weighted by molar-refractivity contribution is 0.303. The molecule has 0 spiro atoms. The minimum Gasteiger partial charge on any atom is -0.279 e. The highest BCUT2D eigenvalue weighted by Gasteiger charge is 2.43. The summed E-state index contributed by atoms with van der Waals surface area (Å²) in [4.78, 5) is 0. The van der Waals surface area contributed by atoms with Crippen molar-refractivity contribution in [2.24, 2.45) is 10.3 Å². The van der Waals surface area contributed by atoms with E-state index in [1.807, 2.05) is 6.08 Å². The maximum absolute atomic E-state index is 6.94. The van der Waals surface area contributed by atoms with Crippen molar-refractivity contribution in [2.45, 2.75) is 24.3 Å². The topological polar surface area (TPSA) is 28.0 Å². The Hall–Kier alpha value is -4.73. The Morgan fingerprint density at radius 3 is 2.02 bits per heavy atom. The van der Waals surface area contributed by atoms with Crippen LogP contribution in [0.25, 0.3) is 43.4 Å². The monoisotopic (exact) mass is 589 g/mol. The minimum absolute atomic E-state index is 0.166. The molecule has 44 heavy (non-hydrogen) atoms. The fourth-order valence-electron chi connectivity index (χ4n) is 7.21.